The van der Waals surface area contributed by atoms with E-state index in [-0.39, 0.29) is 0 Å². The van der Waals surface area contributed by atoms with Crippen molar-refractivity contribution in [3.63, 3.8) is 0 Å². The fourth-order valence-corrected chi connectivity index (χ4v) is 1.97. The van der Waals surface area contributed by atoms with Gasteiger partial charge >= 0.3 is 0 Å². The zero-order chi connectivity index (χ0) is 11.1. The van der Waals surface area contributed by atoms with Gasteiger partial charge in [0.15, 0.2) is 5.95 Å². The molecule has 2 aromatic rings. The number of hydrogen-bond acceptors (Lipinski definition) is 3. The van der Waals surface area contributed by atoms with Crippen LogP contribution in [0.25, 0.3) is 11.3 Å². The minimum absolute atomic E-state index is 0.534. The highest BCUT2D eigenvalue weighted by Crippen LogP contribution is 2.30. The van der Waals surface area contributed by atoms with Gasteiger partial charge in [-0.25, -0.2) is 4.98 Å². The van der Waals surface area contributed by atoms with E-state index in [0.29, 0.717) is 5.95 Å². The maximum atomic E-state index is 5.72. The third-order valence-electron chi connectivity index (χ3n) is 2.90. The van der Waals surface area contributed by atoms with Crippen LogP contribution in [0.15, 0.2) is 24.4 Å². The molecule has 0 spiro atoms. The predicted octanol–water partition coefficient (Wildman–Crippen LogP) is 1.60. The predicted molar refractivity (Wildman–Crippen MR) is 62.3 cm³/mol. The standard InChI is InChI=1S/C12H13N3O/c1-15-7-10(14-12(15)13)8-2-3-11-9(6-8)4-5-16-11/h2-3,6-7H,4-5H2,1H3,(H2,13,14). The number of fused-ring (bicyclic) bond motifs is 1. The first-order valence-electron chi connectivity index (χ1n) is 5.29. The highest BCUT2D eigenvalue weighted by atomic mass is 16.5. The van der Waals surface area contributed by atoms with Crippen LogP contribution in [0.1, 0.15) is 5.56 Å². The molecule has 82 valence electrons. The first-order chi connectivity index (χ1) is 7.74. The van der Waals surface area contributed by atoms with Gasteiger partial charge in [-0.1, -0.05) is 0 Å². The van der Waals surface area contributed by atoms with Crippen molar-refractivity contribution in [2.75, 3.05) is 12.3 Å². The van der Waals surface area contributed by atoms with Gasteiger partial charge < -0.3 is 15.0 Å². The molecule has 0 radical (unpaired) electrons. The van der Waals surface area contributed by atoms with E-state index in [1.54, 1.807) is 0 Å². The second kappa shape index (κ2) is 3.27. The summed E-state index contributed by atoms with van der Waals surface area (Å²) in [6.45, 7) is 0.781. The van der Waals surface area contributed by atoms with Crippen LogP contribution < -0.4 is 10.5 Å². The Morgan fingerprint density at radius 3 is 3.06 bits per heavy atom. The number of ether oxygens (including phenoxy) is 1. The maximum Gasteiger partial charge on any atom is 0.200 e. The molecule has 0 aliphatic carbocycles. The van der Waals surface area contributed by atoms with Crippen molar-refractivity contribution < 1.29 is 4.74 Å². The summed E-state index contributed by atoms with van der Waals surface area (Å²) in [5.41, 5.74) is 8.98. The quantitative estimate of drug-likeness (QED) is 0.786. The second-order valence-electron chi connectivity index (χ2n) is 4.02. The molecule has 2 N–H and O–H groups in total. The molecule has 1 aliphatic heterocycles. The highest BCUT2D eigenvalue weighted by Gasteiger charge is 2.13. The Kier molecular flexibility index (Phi) is 1.89. The van der Waals surface area contributed by atoms with Crippen molar-refractivity contribution in [1.82, 2.24) is 9.55 Å². The van der Waals surface area contributed by atoms with Crippen molar-refractivity contribution in [1.29, 1.82) is 0 Å². The van der Waals surface area contributed by atoms with Gasteiger partial charge in [-0.3, -0.25) is 0 Å². The third-order valence-corrected chi connectivity index (χ3v) is 2.90. The van der Waals surface area contributed by atoms with Crippen LogP contribution in [-0.2, 0) is 13.5 Å². The van der Waals surface area contributed by atoms with Gasteiger partial charge in [0.2, 0.25) is 0 Å². The van der Waals surface area contributed by atoms with Gasteiger partial charge in [-0.2, -0.15) is 0 Å². The SMILES string of the molecule is Cn1cc(-c2ccc3c(c2)CCO3)nc1N. The largest absolute Gasteiger partial charge is 0.493 e. The fourth-order valence-electron chi connectivity index (χ4n) is 1.97. The van der Waals surface area contributed by atoms with E-state index in [2.05, 4.69) is 11.1 Å². The van der Waals surface area contributed by atoms with Gasteiger partial charge in [-0.05, 0) is 23.8 Å². The maximum absolute atomic E-state index is 5.72. The zero-order valence-electron chi connectivity index (χ0n) is 9.10. The molecule has 1 aromatic carbocycles. The van der Waals surface area contributed by atoms with E-state index in [0.717, 1.165) is 30.0 Å². The lowest BCUT2D eigenvalue weighted by Gasteiger charge is -2.00. The molecule has 16 heavy (non-hydrogen) atoms. The van der Waals surface area contributed by atoms with Crippen molar-refractivity contribution >= 4 is 5.95 Å². The van der Waals surface area contributed by atoms with Gasteiger partial charge in [-0.15, -0.1) is 0 Å². The molecule has 0 unspecified atom stereocenters. The molecule has 0 amide bonds. The Morgan fingerprint density at radius 1 is 1.44 bits per heavy atom. The molecule has 2 heterocycles. The number of hydrogen-bond donors (Lipinski definition) is 1. The van der Waals surface area contributed by atoms with E-state index < -0.39 is 0 Å². The third kappa shape index (κ3) is 1.34. The average Bonchev–Trinajstić information content (AvgIpc) is 2.85. The Balaban J connectivity index is 2.07. The van der Waals surface area contributed by atoms with Crippen LogP contribution >= 0.6 is 0 Å². The number of nitrogens with two attached hydrogens (primary N) is 1. The molecule has 0 saturated carbocycles. The molecule has 0 fully saturated rings. The van der Waals surface area contributed by atoms with Gasteiger partial charge in [0.05, 0.1) is 12.3 Å². The van der Waals surface area contributed by atoms with Crippen molar-refractivity contribution in [3.8, 4) is 17.0 Å². The first-order valence-corrected chi connectivity index (χ1v) is 5.29. The topological polar surface area (TPSA) is 53.1 Å². The number of nitrogen functional groups attached to an aromatic ring is 1. The van der Waals surface area contributed by atoms with E-state index in [9.17, 15) is 0 Å². The Bertz CT molecular complexity index is 526. The summed E-state index contributed by atoms with van der Waals surface area (Å²) in [4.78, 5) is 4.31. The Hall–Kier alpha value is -1.97. The first kappa shape index (κ1) is 9.27. The lowest BCUT2D eigenvalue weighted by atomic mass is 10.1. The molecule has 1 aliphatic rings. The summed E-state index contributed by atoms with van der Waals surface area (Å²) in [5, 5.41) is 0. The van der Waals surface area contributed by atoms with Crippen LogP contribution in [0, 0.1) is 0 Å². The van der Waals surface area contributed by atoms with Crippen molar-refractivity contribution in [2.24, 2.45) is 7.05 Å². The summed E-state index contributed by atoms with van der Waals surface area (Å²) < 4.78 is 7.29. The molecule has 4 heteroatoms. The van der Waals surface area contributed by atoms with Crippen molar-refractivity contribution in [3.05, 3.63) is 30.0 Å². The Morgan fingerprint density at radius 2 is 2.31 bits per heavy atom. The summed E-state index contributed by atoms with van der Waals surface area (Å²) in [7, 11) is 1.89. The van der Waals surface area contributed by atoms with Crippen LogP contribution in [0.4, 0.5) is 5.95 Å². The monoisotopic (exact) mass is 215 g/mol. The molecule has 0 bridgehead atoms. The normalized spacial score (nSPS) is 13.6. The van der Waals surface area contributed by atoms with Crippen molar-refractivity contribution in [2.45, 2.75) is 6.42 Å². The zero-order valence-corrected chi connectivity index (χ0v) is 9.10. The average molecular weight is 215 g/mol. The van der Waals surface area contributed by atoms with Crippen LogP contribution in [0.3, 0.4) is 0 Å². The minimum atomic E-state index is 0.534. The molecule has 1 aromatic heterocycles. The number of nitrogens with zero attached hydrogens (tertiary/aromatic N) is 2. The van der Waals surface area contributed by atoms with Gasteiger partial charge in [0, 0.05) is 25.2 Å². The Labute approximate surface area is 93.7 Å². The highest BCUT2D eigenvalue weighted by molar-refractivity contribution is 5.63. The molecule has 0 atom stereocenters. The number of imidazole rings is 1. The van der Waals surface area contributed by atoms with Crippen LogP contribution in [-0.4, -0.2) is 16.2 Å². The molecule has 4 nitrogen and oxygen atoms in total. The second-order valence-corrected chi connectivity index (χ2v) is 4.02. The number of rotatable bonds is 1. The van der Waals surface area contributed by atoms with Crippen LogP contribution in [0.2, 0.25) is 0 Å². The minimum Gasteiger partial charge on any atom is -0.493 e. The van der Waals surface area contributed by atoms with E-state index in [1.807, 2.05) is 29.9 Å². The summed E-state index contributed by atoms with van der Waals surface area (Å²) >= 11 is 0. The van der Waals surface area contributed by atoms with Gasteiger partial charge in [0.1, 0.15) is 5.75 Å². The number of benzene rings is 1. The number of aryl methyl sites for hydroxylation is 1. The smallest absolute Gasteiger partial charge is 0.200 e. The molecule has 0 saturated heterocycles. The number of anilines is 1. The lowest BCUT2D eigenvalue weighted by molar-refractivity contribution is 0.357. The van der Waals surface area contributed by atoms with E-state index >= 15 is 0 Å². The summed E-state index contributed by atoms with van der Waals surface area (Å²) in [6.07, 6.45) is 2.92. The molecular weight excluding hydrogens is 202 g/mol. The summed E-state index contributed by atoms with van der Waals surface area (Å²) in [6, 6.07) is 6.15. The lowest BCUT2D eigenvalue weighted by Crippen LogP contribution is -1.94. The molecular formula is C12H13N3O. The summed E-state index contributed by atoms with van der Waals surface area (Å²) in [5.74, 6) is 1.53. The van der Waals surface area contributed by atoms with E-state index in [4.69, 9.17) is 10.5 Å². The number of aromatic nitrogens is 2. The molecule has 3 rings (SSSR count). The van der Waals surface area contributed by atoms with E-state index in [1.165, 1.54) is 5.56 Å². The van der Waals surface area contributed by atoms with Gasteiger partial charge in [0.25, 0.3) is 0 Å². The van der Waals surface area contributed by atoms with Crippen LogP contribution in [0.5, 0.6) is 5.75 Å². The fraction of sp³-hybridized carbons (Fsp3) is 0.250.